The first kappa shape index (κ1) is 17.7. The maximum atomic E-state index is 12.5. The predicted molar refractivity (Wildman–Crippen MR) is 104 cm³/mol. The van der Waals surface area contributed by atoms with Crippen molar-refractivity contribution in [1.29, 1.82) is 0 Å². The topological polar surface area (TPSA) is 66.5 Å². The summed E-state index contributed by atoms with van der Waals surface area (Å²) in [7, 11) is 0. The van der Waals surface area contributed by atoms with Crippen LogP contribution in [0.15, 0.2) is 53.6 Å². The van der Waals surface area contributed by atoms with Crippen LogP contribution in [0.3, 0.4) is 0 Å². The second-order valence-corrected chi connectivity index (χ2v) is 7.44. The number of halogens is 1. The number of amides is 3. The lowest BCUT2D eigenvalue weighted by atomic mass is 9.85. The highest BCUT2D eigenvalue weighted by Crippen LogP contribution is 2.38. The lowest BCUT2D eigenvalue weighted by Crippen LogP contribution is -2.34. The minimum Gasteiger partial charge on any atom is -0.325 e. The molecule has 2 aromatic carbocycles. The zero-order chi connectivity index (χ0) is 19.0. The highest BCUT2D eigenvalue weighted by molar-refractivity contribution is 6.30. The van der Waals surface area contributed by atoms with Crippen LogP contribution in [-0.4, -0.2) is 29.2 Å². The standard InChI is InChI=1S/C21H19ClN2O3/c22-14-8-9-16-17(12-14)21(27)24(20(16)26)11-10-19(25)23-18-7-3-5-13-4-1-2-6-15(13)18/h1-8,16-17H,9-12H2,(H,23,25)/t16-,17+/m0/s1. The number of likely N-dealkylation sites (tertiary alicyclic amines) is 1. The van der Waals surface area contributed by atoms with Crippen molar-refractivity contribution in [3.8, 4) is 0 Å². The molecule has 0 aromatic heterocycles. The van der Waals surface area contributed by atoms with Crippen LogP contribution in [0.25, 0.3) is 10.8 Å². The Labute approximate surface area is 162 Å². The molecular weight excluding hydrogens is 364 g/mol. The fraction of sp³-hybridized carbons (Fsp3) is 0.286. The molecule has 1 heterocycles. The molecule has 1 fully saturated rings. The Kier molecular flexibility index (Phi) is 4.70. The SMILES string of the molecule is O=C(CCN1C(=O)[C@H]2CC=C(Cl)C[C@H]2C1=O)Nc1cccc2ccccc12. The zero-order valence-electron chi connectivity index (χ0n) is 14.7. The number of nitrogens with one attached hydrogen (secondary N) is 1. The molecule has 2 atom stereocenters. The summed E-state index contributed by atoms with van der Waals surface area (Å²) >= 11 is 6.02. The molecule has 2 aromatic rings. The first-order chi connectivity index (χ1) is 13.0. The molecule has 0 radical (unpaired) electrons. The van der Waals surface area contributed by atoms with Crippen LogP contribution in [0.2, 0.25) is 0 Å². The highest BCUT2D eigenvalue weighted by atomic mass is 35.5. The van der Waals surface area contributed by atoms with Crippen LogP contribution in [0.5, 0.6) is 0 Å². The number of allylic oxidation sites excluding steroid dienone is 2. The molecule has 1 N–H and O–H groups in total. The number of carbonyl (C=O) groups is 3. The van der Waals surface area contributed by atoms with Gasteiger partial charge in [0.1, 0.15) is 0 Å². The Balaban J connectivity index is 1.41. The van der Waals surface area contributed by atoms with Crippen LogP contribution in [0, 0.1) is 11.8 Å². The Hall–Kier alpha value is -2.66. The van der Waals surface area contributed by atoms with Crippen molar-refractivity contribution in [2.45, 2.75) is 19.3 Å². The minimum atomic E-state index is -0.379. The molecule has 1 saturated heterocycles. The zero-order valence-corrected chi connectivity index (χ0v) is 15.4. The molecular formula is C21H19ClN2O3. The number of benzene rings is 2. The number of imide groups is 1. The first-order valence-electron chi connectivity index (χ1n) is 9.02. The summed E-state index contributed by atoms with van der Waals surface area (Å²) in [5.41, 5.74) is 0.724. The number of hydrogen-bond acceptors (Lipinski definition) is 3. The van der Waals surface area contributed by atoms with Gasteiger partial charge >= 0.3 is 0 Å². The van der Waals surface area contributed by atoms with Crippen LogP contribution in [0.4, 0.5) is 5.69 Å². The van der Waals surface area contributed by atoms with E-state index in [0.29, 0.717) is 17.9 Å². The molecule has 4 rings (SSSR count). The van der Waals surface area contributed by atoms with E-state index in [1.807, 2.05) is 48.5 Å². The van der Waals surface area contributed by atoms with Gasteiger partial charge in [0.05, 0.1) is 11.8 Å². The van der Waals surface area contributed by atoms with Crippen molar-refractivity contribution in [2.24, 2.45) is 11.8 Å². The van der Waals surface area contributed by atoms with Gasteiger partial charge in [-0.1, -0.05) is 54.1 Å². The molecule has 138 valence electrons. The molecule has 27 heavy (non-hydrogen) atoms. The lowest BCUT2D eigenvalue weighted by Gasteiger charge is -2.17. The van der Waals surface area contributed by atoms with Gasteiger partial charge in [0.25, 0.3) is 0 Å². The summed E-state index contributed by atoms with van der Waals surface area (Å²) in [5.74, 6) is -1.34. The Bertz CT molecular complexity index is 964. The molecule has 5 nitrogen and oxygen atoms in total. The number of rotatable bonds is 4. The smallest absolute Gasteiger partial charge is 0.233 e. The average Bonchev–Trinajstić information content (AvgIpc) is 2.90. The van der Waals surface area contributed by atoms with Crippen molar-refractivity contribution < 1.29 is 14.4 Å². The first-order valence-corrected chi connectivity index (χ1v) is 9.40. The molecule has 1 aliphatic heterocycles. The fourth-order valence-electron chi connectivity index (χ4n) is 3.88. The van der Waals surface area contributed by atoms with Gasteiger partial charge < -0.3 is 5.32 Å². The largest absolute Gasteiger partial charge is 0.325 e. The maximum absolute atomic E-state index is 12.5. The van der Waals surface area contributed by atoms with Crippen LogP contribution < -0.4 is 5.32 Å². The third-order valence-electron chi connectivity index (χ3n) is 5.29. The van der Waals surface area contributed by atoms with Crippen molar-refractivity contribution in [3.05, 3.63) is 53.6 Å². The van der Waals surface area contributed by atoms with E-state index >= 15 is 0 Å². The maximum Gasteiger partial charge on any atom is 0.233 e. The van der Waals surface area contributed by atoms with Gasteiger partial charge in [-0.25, -0.2) is 0 Å². The summed E-state index contributed by atoms with van der Waals surface area (Å²) in [4.78, 5) is 38.7. The van der Waals surface area contributed by atoms with Crippen LogP contribution >= 0.6 is 11.6 Å². The van der Waals surface area contributed by atoms with Crippen molar-refractivity contribution >= 4 is 45.8 Å². The molecule has 0 spiro atoms. The molecule has 0 bridgehead atoms. The Morgan fingerprint density at radius 2 is 1.81 bits per heavy atom. The Morgan fingerprint density at radius 1 is 1.07 bits per heavy atom. The number of carbonyl (C=O) groups excluding carboxylic acids is 3. The van der Waals surface area contributed by atoms with Gasteiger partial charge in [-0.2, -0.15) is 0 Å². The molecule has 3 amide bonds. The molecule has 1 aliphatic carbocycles. The molecule has 0 unspecified atom stereocenters. The Morgan fingerprint density at radius 3 is 2.67 bits per heavy atom. The number of hydrogen-bond donors (Lipinski definition) is 1. The second kappa shape index (κ2) is 7.16. The monoisotopic (exact) mass is 382 g/mol. The molecule has 0 saturated carbocycles. The minimum absolute atomic E-state index is 0.0707. The normalized spacial score (nSPS) is 22.0. The quantitative estimate of drug-likeness (QED) is 0.820. The molecule has 6 heteroatoms. The van der Waals surface area contributed by atoms with E-state index in [2.05, 4.69) is 5.32 Å². The van der Waals surface area contributed by atoms with E-state index in [1.54, 1.807) is 0 Å². The van der Waals surface area contributed by atoms with Crippen molar-refractivity contribution in [1.82, 2.24) is 4.90 Å². The number of fused-ring (bicyclic) bond motifs is 2. The summed E-state index contributed by atoms with van der Waals surface area (Å²) in [6, 6.07) is 13.5. The van der Waals surface area contributed by atoms with E-state index in [0.717, 1.165) is 16.5 Å². The van der Waals surface area contributed by atoms with Gasteiger partial charge in [-0.05, 0) is 24.3 Å². The second-order valence-electron chi connectivity index (χ2n) is 6.96. The van der Waals surface area contributed by atoms with Crippen LogP contribution in [-0.2, 0) is 14.4 Å². The summed E-state index contributed by atoms with van der Waals surface area (Å²) in [6.07, 6.45) is 2.79. The van der Waals surface area contributed by atoms with Gasteiger partial charge in [0.15, 0.2) is 0 Å². The summed E-state index contributed by atoms with van der Waals surface area (Å²) in [6.45, 7) is 0.0961. The van der Waals surface area contributed by atoms with Gasteiger partial charge in [0.2, 0.25) is 17.7 Å². The number of nitrogens with zero attached hydrogens (tertiary/aromatic N) is 1. The average molecular weight is 383 g/mol. The lowest BCUT2D eigenvalue weighted by molar-refractivity contribution is -0.140. The highest BCUT2D eigenvalue weighted by Gasteiger charge is 2.48. The van der Waals surface area contributed by atoms with E-state index in [1.165, 1.54) is 4.90 Å². The van der Waals surface area contributed by atoms with E-state index in [4.69, 9.17) is 11.6 Å². The van der Waals surface area contributed by atoms with Crippen molar-refractivity contribution in [2.75, 3.05) is 11.9 Å². The van der Waals surface area contributed by atoms with E-state index in [-0.39, 0.29) is 42.5 Å². The fourth-order valence-corrected chi connectivity index (χ4v) is 4.13. The van der Waals surface area contributed by atoms with Gasteiger partial charge in [0, 0.05) is 29.1 Å². The van der Waals surface area contributed by atoms with Gasteiger partial charge in [-0.15, -0.1) is 0 Å². The van der Waals surface area contributed by atoms with Crippen molar-refractivity contribution in [3.63, 3.8) is 0 Å². The summed E-state index contributed by atoms with van der Waals surface area (Å²) < 4.78 is 0. The third-order valence-corrected chi connectivity index (χ3v) is 5.60. The predicted octanol–water partition coefficient (Wildman–Crippen LogP) is 3.69. The number of anilines is 1. The van der Waals surface area contributed by atoms with Gasteiger partial charge in [-0.3, -0.25) is 19.3 Å². The molecule has 2 aliphatic rings. The van der Waals surface area contributed by atoms with E-state index < -0.39 is 0 Å². The van der Waals surface area contributed by atoms with E-state index in [9.17, 15) is 14.4 Å². The summed E-state index contributed by atoms with van der Waals surface area (Å²) in [5, 5.41) is 5.51. The third kappa shape index (κ3) is 3.35. The van der Waals surface area contributed by atoms with Crippen LogP contribution in [0.1, 0.15) is 19.3 Å².